The molecule has 0 aliphatic heterocycles. The molecule has 0 radical (unpaired) electrons. The molecule has 24 heavy (non-hydrogen) atoms. The largest absolute Gasteiger partial charge is 0.223 e. The van der Waals surface area contributed by atoms with Gasteiger partial charge in [-0.15, -0.1) is 0 Å². The van der Waals surface area contributed by atoms with Gasteiger partial charge < -0.3 is 0 Å². The van der Waals surface area contributed by atoms with Crippen LogP contribution in [-0.2, 0) is 9.84 Å². The molecule has 5 unspecified atom stereocenters. The average molecular weight is 340 g/mol. The van der Waals surface area contributed by atoms with Gasteiger partial charge >= 0.3 is 0 Å². The van der Waals surface area contributed by atoms with Crippen molar-refractivity contribution in [3.8, 4) is 0 Å². The number of hydrogen-bond donors (Lipinski definition) is 0. The summed E-state index contributed by atoms with van der Waals surface area (Å²) in [6.45, 7) is 4.48. The van der Waals surface area contributed by atoms with Gasteiger partial charge in [0.15, 0.2) is 9.84 Å². The average Bonchev–Trinajstić information content (AvgIpc) is 3.32. The van der Waals surface area contributed by atoms with E-state index in [-0.39, 0.29) is 11.2 Å². The van der Waals surface area contributed by atoms with Gasteiger partial charge in [-0.3, -0.25) is 0 Å². The van der Waals surface area contributed by atoms with Crippen molar-refractivity contribution in [2.45, 2.75) is 49.7 Å². The van der Waals surface area contributed by atoms with E-state index in [0.29, 0.717) is 22.6 Å². The summed E-state index contributed by atoms with van der Waals surface area (Å²) >= 11 is 0. The highest BCUT2D eigenvalue weighted by atomic mass is 32.2. The fourth-order valence-electron chi connectivity index (χ4n) is 6.33. The third kappa shape index (κ3) is 1.74. The molecule has 2 saturated carbocycles. The molecule has 0 amide bonds. The van der Waals surface area contributed by atoms with Gasteiger partial charge in [0.2, 0.25) is 0 Å². The molecule has 1 aromatic rings. The molecule has 4 aliphatic rings. The fourth-order valence-corrected chi connectivity index (χ4v) is 8.40. The predicted octanol–water partition coefficient (Wildman–Crippen LogP) is 4.54. The van der Waals surface area contributed by atoms with E-state index in [0.717, 1.165) is 12.8 Å². The molecule has 0 N–H and O–H groups in total. The number of hydrogen-bond acceptors (Lipinski definition) is 2. The monoisotopic (exact) mass is 340 g/mol. The molecular formula is C21H24O2S. The van der Waals surface area contributed by atoms with Crippen LogP contribution in [0.25, 0.3) is 0 Å². The van der Waals surface area contributed by atoms with Gasteiger partial charge in [0, 0.05) is 11.8 Å². The highest BCUT2D eigenvalue weighted by molar-refractivity contribution is 7.92. The Morgan fingerprint density at radius 1 is 0.958 bits per heavy atom. The van der Waals surface area contributed by atoms with E-state index >= 15 is 0 Å². The van der Waals surface area contributed by atoms with Gasteiger partial charge in [0.05, 0.1) is 10.1 Å². The van der Waals surface area contributed by atoms with Gasteiger partial charge in [0.25, 0.3) is 0 Å². The van der Waals surface area contributed by atoms with E-state index in [1.54, 1.807) is 28.9 Å². The van der Waals surface area contributed by atoms with E-state index < -0.39 is 9.84 Å². The third-order valence-electron chi connectivity index (χ3n) is 6.97. The lowest BCUT2D eigenvalue weighted by Gasteiger charge is -2.29. The van der Waals surface area contributed by atoms with Crippen LogP contribution in [0, 0.1) is 23.7 Å². The second kappa shape index (κ2) is 4.85. The van der Waals surface area contributed by atoms with Gasteiger partial charge in [-0.25, -0.2) is 8.42 Å². The van der Waals surface area contributed by atoms with Crippen LogP contribution in [0.1, 0.15) is 39.5 Å². The van der Waals surface area contributed by atoms with Crippen molar-refractivity contribution in [2.24, 2.45) is 23.7 Å². The van der Waals surface area contributed by atoms with Gasteiger partial charge in [-0.2, -0.15) is 0 Å². The number of allylic oxidation sites excluding steroid dienone is 4. The Morgan fingerprint density at radius 3 is 2.29 bits per heavy atom. The minimum absolute atomic E-state index is 0.193. The topological polar surface area (TPSA) is 34.1 Å². The molecule has 0 spiro atoms. The third-order valence-corrected chi connectivity index (χ3v) is 9.22. The van der Waals surface area contributed by atoms with Gasteiger partial charge in [-0.05, 0) is 63.5 Å². The minimum Gasteiger partial charge on any atom is -0.223 e. The molecule has 0 saturated heterocycles. The van der Waals surface area contributed by atoms with Gasteiger partial charge in [0.1, 0.15) is 0 Å². The Morgan fingerprint density at radius 2 is 1.62 bits per heavy atom. The number of sulfone groups is 1. The SMILES string of the molecule is CC(C)=C1C2CCC1C1=C2C2CC1C(S(=O)(=O)c1ccccc1)C2. The van der Waals surface area contributed by atoms with Crippen molar-refractivity contribution in [3.05, 3.63) is 52.6 Å². The van der Waals surface area contributed by atoms with E-state index in [1.807, 2.05) is 18.2 Å². The highest BCUT2D eigenvalue weighted by Crippen LogP contribution is 2.67. The molecule has 0 aromatic heterocycles. The molecule has 126 valence electrons. The maximum atomic E-state index is 13.2. The molecule has 5 atom stereocenters. The van der Waals surface area contributed by atoms with Crippen LogP contribution in [0.3, 0.4) is 0 Å². The molecule has 1 aromatic carbocycles. The maximum absolute atomic E-state index is 13.2. The quantitative estimate of drug-likeness (QED) is 0.585. The Kier molecular flexibility index (Phi) is 3.02. The lowest BCUT2D eigenvalue weighted by molar-refractivity contribution is 0.508. The van der Waals surface area contributed by atoms with Crippen LogP contribution in [0.2, 0.25) is 0 Å². The Bertz CT molecular complexity index is 872. The zero-order valence-corrected chi connectivity index (χ0v) is 15.1. The first-order valence-electron chi connectivity index (χ1n) is 9.20. The summed E-state index contributed by atoms with van der Waals surface area (Å²) < 4.78 is 26.4. The Hall–Kier alpha value is -1.35. The summed E-state index contributed by atoms with van der Waals surface area (Å²) in [5.74, 6) is 2.03. The van der Waals surface area contributed by atoms with Crippen molar-refractivity contribution in [2.75, 3.05) is 0 Å². The first kappa shape index (κ1) is 14.9. The summed E-state index contributed by atoms with van der Waals surface area (Å²) in [5.41, 5.74) is 6.35. The van der Waals surface area contributed by atoms with Crippen LogP contribution in [-0.4, -0.2) is 13.7 Å². The van der Waals surface area contributed by atoms with Crippen LogP contribution >= 0.6 is 0 Å². The smallest absolute Gasteiger partial charge is 0.181 e. The first-order chi connectivity index (χ1) is 11.5. The highest BCUT2D eigenvalue weighted by Gasteiger charge is 2.59. The first-order valence-corrected chi connectivity index (χ1v) is 10.7. The Balaban J connectivity index is 1.56. The van der Waals surface area contributed by atoms with E-state index in [4.69, 9.17) is 0 Å². The zero-order chi connectivity index (χ0) is 16.6. The maximum Gasteiger partial charge on any atom is 0.181 e. The standard InChI is InChI=1S/C21H24O2S/c1-12(2)19-15-8-9-16(19)21-17-10-13(20(15)21)11-18(17)24(22,23)14-6-4-3-5-7-14/h3-7,13,15-18H,8-11H2,1-2H3. The van der Waals surface area contributed by atoms with E-state index in [9.17, 15) is 8.42 Å². The molecule has 2 fully saturated rings. The normalized spacial score (nSPS) is 36.6. The molecule has 5 rings (SSSR count). The second-order valence-electron chi connectivity index (χ2n) is 8.22. The van der Waals surface area contributed by atoms with Crippen LogP contribution < -0.4 is 0 Å². The van der Waals surface area contributed by atoms with Crippen LogP contribution in [0.4, 0.5) is 0 Å². The molecule has 2 nitrogen and oxygen atoms in total. The molecule has 0 heterocycles. The summed E-state index contributed by atoms with van der Waals surface area (Å²) in [4.78, 5) is 0.510. The molecule has 4 aliphatic carbocycles. The van der Waals surface area contributed by atoms with Crippen LogP contribution in [0.15, 0.2) is 57.5 Å². The van der Waals surface area contributed by atoms with E-state index in [1.165, 1.54) is 18.4 Å². The van der Waals surface area contributed by atoms with Crippen molar-refractivity contribution in [1.29, 1.82) is 0 Å². The number of rotatable bonds is 2. The van der Waals surface area contributed by atoms with Crippen molar-refractivity contribution < 1.29 is 8.42 Å². The fraction of sp³-hybridized carbons (Fsp3) is 0.524. The van der Waals surface area contributed by atoms with Crippen molar-refractivity contribution >= 4 is 9.84 Å². The lowest BCUT2D eigenvalue weighted by Crippen LogP contribution is -2.30. The second-order valence-corrected chi connectivity index (χ2v) is 10.4. The minimum atomic E-state index is -3.21. The molecule has 3 heteroatoms. The number of benzene rings is 1. The van der Waals surface area contributed by atoms with Gasteiger partial charge in [-0.1, -0.05) is 40.5 Å². The van der Waals surface area contributed by atoms with Crippen LogP contribution in [0.5, 0.6) is 0 Å². The predicted molar refractivity (Wildman–Crippen MR) is 95.2 cm³/mol. The summed E-state index contributed by atoms with van der Waals surface area (Å²) in [6.07, 6.45) is 4.47. The number of fused-ring (bicyclic) bond motifs is 8. The zero-order valence-electron chi connectivity index (χ0n) is 14.3. The molecular weight excluding hydrogens is 316 g/mol. The summed E-state index contributed by atoms with van der Waals surface area (Å²) in [7, 11) is -3.21. The van der Waals surface area contributed by atoms with E-state index in [2.05, 4.69) is 13.8 Å². The molecule has 4 bridgehead atoms. The van der Waals surface area contributed by atoms with Crippen molar-refractivity contribution in [1.82, 2.24) is 0 Å². The summed E-state index contributed by atoms with van der Waals surface area (Å²) in [5, 5.41) is -0.193. The lowest BCUT2D eigenvalue weighted by atomic mass is 9.82. The Labute approximate surface area is 144 Å². The summed E-state index contributed by atoms with van der Waals surface area (Å²) in [6, 6.07) is 9.09. The van der Waals surface area contributed by atoms with Crippen molar-refractivity contribution in [3.63, 3.8) is 0 Å².